The fourth-order valence-electron chi connectivity index (χ4n) is 9.71. The number of hydrogen-bond acceptors (Lipinski definition) is 11. The smallest absolute Gasteiger partial charge is 0.189 e. The van der Waals surface area contributed by atoms with E-state index >= 15 is 8.78 Å². The molecule has 4 aliphatic heterocycles. The number of aromatic amines is 1. The molecule has 2 N–H and O–H groups in total. The molecule has 0 aliphatic carbocycles. The molecule has 0 unspecified atom stereocenters. The van der Waals surface area contributed by atoms with Crippen molar-refractivity contribution in [3.63, 3.8) is 0 Å². The maximum Gasteiger partial charge on any atom is 0.189 e. The second kappa shape index (κ2) is 19.9. The van der Waals surface area contributed by atoms with Gasteiger partial charge in [0, 0.05) is 73.0 Å². The first-order valence-corrected chi connectivity index (χ1v) is 24.8. The van der Waals surface area contributed by atoms with Crippen LogP contribution in [-0.2, 0) is 45.2 Å². The Labute approximate surface area is 393 Å². The van der Waals surface area contributed by atoms with Crippen molar-refractivity contribution in [1.82, 2.24) is 19.5 Å². The molecule has 0 radical (unpaired) electrons. The van der Waals surface area contributed by atoms with E-state index in [1.807, 2.05) is 4.57 Å². The average Bonchev–Trinajstić information content (AvgIpc) is 4.10. The summed E-state index contributed by atoms with van der Waals surface area (Å²) in [6.07, 6.45) is 9.44. The predicted molar refractivity (Wildman–Crippen MR) is 237 cm³/mol. The topological polar surface area (TPSA) is 172 Å². The quantitative estimate of drug-likeness (QED) is 0.134. The van der Waals surface area contributed by atoms with E-state index in [-0.39, 0.29) is 84.7 Å². The molecule has 21 heteroatoms. The summed E-state index contributed by atoms with van der Waals surface area (Å²) < 4.78 is 137. The molecule has 356 valence electrons. The van der Waals surface area contributed by atoms with Gasteiger partial charge in [0.15, 0.2) is 42.8 Å². The third-order valence-electron chi connectivity index (χ3n) is 12.7. The molecule has 13 nitrogen and oxygen atoms in total. The van der Waals surface area contributed by atoms with E-state index in [4.69, 9.17) is 42.1 Å². The lowest BCUT2D eigenvalue weighted by Gasteiger charge is -2.50. The largest absolute Gasteiger partial charge is 0.490 e. The van der Waals surface area contributed by atoms with Crippen LogP contribution in [0.1, 0.15) is 36.8 Å². The van der Waals surface area contributed by atoms with Crippen molar-refractivity contribution in [2.24, 2.45) is 11.8 Å². The minimum atomic E-state index is -4.21. The molecule has 4 aromatic carbocycles. The van der Waals surface area contributed by atoms with E-state index in [2.05, 4.69) is 15.0 Å². The Hall–Kier alpha value is -5.02. The van der Waals surface area contributed by atoms with Crippen molar-refractivity contribution in [1.29, 1.82) is 0 Å². The third-order valence-corrected chi connectivity index (χ3v) is 18.4. The number of halogens is 6. The highest BCUT2D eigenvalue weighted by molar-refractivity contribution is 7.92. The van der Waals surface area contributed by atoms with Crippen LogP contribution in [-0.4, -0.2) is 86.7 Å². The second-order valence-corrected chi connectivity index (χ2v) is 21.5. The first kappa shape index (κ1) is 48.4. The molecule has 4 aliphatic rings. The number of aromatic nitrogens is 4. The second-order valence-electron chi connectivity index (χ2n) is 16.2. The van der Waals surface area contributed by atoms with Crippen LogP contribution < -0.4 is 9.47 Å². The number of nitrogens with one attached hydrogen (secondary N) is 1. The van der Waals surface area contributed by atoms with Crippen LogP contribution in [0.4, 0.5) is 17.6 Å². The Morgan fingerprint density at radius 2 is 1.15 bits per heavy atom. The Balaban J connectivity index is 0.000000165. The molecule has 2 aromatic heterocycles. The lowest BCUT2D eigenvalue weighted by Crippen LogP contribution is -2.57. The number of aliphatic hydroxyl groups is 1. The average molecular weight is 1010 g/mol. The number of benzene rings is 4. The summed E-state index contributed by atoms with van der Waals surface area (Å²) in [5.41, 5.74) is -0.570. The Morgan fingerprint density at radius 3 is 1.55 bits per heavy atom. The predicted octanol–water partition coefficient (Wildman–Crippen LogP) is 8.25. The van der Waals surface area contributed by atoms with Gasteiger partial charge in [-0.15, -0.1) is 0 Å². The molecule has 0 bridgehead atoms. The zero-order valence-electron chi connectivity index (χ0n) is 35.4. The number of sulfone groups is 2. The summed E-state index contributed by atoms with van der Waals surface area (Å²) in [4.78, 5) is 10.4. The van der Waals surface area contributed by atoms with Crippen molar-refractivity contribution in [3.05, 3.63) is 155 Å². The Bertz CT molecular complexity index is 2870. The van der Waals surface area contributed by atoms with E-state index in [9.17, 15) is 30.7 Å². The number of aryl methyl sites for hydroxylation is 1. The zero-order valence-corrected chi connectivity index (χ0v) is 38.6. The molecule has 0 amide bonds. The number of H-pyrrole nitrogens is 1. The first-order valence-electron chi connectivity index (χ1n) is 21.1. The van der Waals surface area contributed by atoms with Gasteiger partial charge < -0.3 is 33.6 Å². The molecule has 67 heavy (non-hydrogen) atoms. The standard InChI is InChI=1S/C23H21ClF2N2O4S.C20H19ClF2O5S.C3H4N2/c24-15-1-3-16(4-2-15)33(29,30)23-8-12-31-20(7-10-28-11-9-27-14-28)17(23)13-32-22-19(26)6-5-18(25)21(22)23;21-12-1-3-13(4-2-12)29(25,26)20-8-10-27-17(7-9-24)14(20)11-28-19-16(23)6-5-15(22)18(19)20;1-2-5-3-4-1/h1-6,9,11,14,17,20H,7-8,10,12-13H2;1-6,14,17,24H,7-11H2;1-3H,(H,4,5)/t17-,20-,23-;14-,17-,20-;/m00./s1. The maximum absolute atomic E-state index is 15.3. The van der Waals surface area contributed by atoms with Gasteiger partial charge in [0.05, 0.1) is 59.0 Å². The van der Waals surface area contributed by atoms with Crippen molar-refractivity contribution in [3.8, 4) is 11.5 Å². The van der Waals surface area contributed by atoms with Gasteiger partial charge in [0.2, 0.25) is 0 Å². The molecule has 6 aromatic rings. The monoisotopic (exact) mass is 1010 g/mol. The van der Waals surface area contributed by atoms with Crippen molar-refractivity contribution >= 4 is 42.9 Å². The molecular formula is C46H44Cl2F4N4O9S2. The molecule has 0 spiro atoms. The number of imidazole rings is 2. The molecular weight excluding hydrogens is 964 g/mol. The minimum absolute atomic E-state index is 0.0105. The molecule has 2 saturated heterocycles. The SMILES string of the molecule is O=S(=O)(c1ccc(Cl)cc1)[C@@]12CCO[C@@H](CCO)[C@@H]1COc1c(F)ccc(F)c12.O=S(=O)(c1ccc(Cl)cc1)[C@@]12CCO[C@@H](CCn3ccnc3)[C@@H]1COc1c(F)ccc(F)c12.c1c[nH]cn1. The van der Waals surface area contributed by atoms with Gasteiger partial charge in [-0.2, -0.15) is 0 Å². The van der Waals surface area contributed by atoms with E-state index in [1.165, 1.54) is 48.5 Å². The van der Waals surface area contributed by atoms with Crippen molar-refractivity contribution < 1.29 is 58.5 Å². The van der Waals surface area contributed by atoms with Crippen LogP contribution in [0.25, 0.3) is 0 Å². The van der Waals surface area contributed by atoms with E-state index in [0.29, 0.717) is 23.0 Å². The van der Waals surface area contributed by atoms with Gasteiger partial charge >= 0.3 is 0 Å². The van der Waals surface area contributed by atoms with Gasteiger partial charge in [-0.05, 0) is 98.5 Å². The highest BCUT2D eigenvalue weighted by Gasteiger charge is 2.63. The van der Waals surface area contributed by atoms with Gasteiger partial charge in [-0.3, -0.25) is 0 Å². The highest BCUT2D eigenvalue weighted by Crippen LogP contribution is 2.57. The van der Waals surface area contributed by atoms with Crippen molar-refractivity contribution in [2.75, 3.05) is 33.0 Å². The normalized spacial score (nSPS) is 24.1. The maximum atomic E-state index is 15.3. The Morgan fingerprint density at radius 1 is 0.672 bits per heavy atom. The fraction of sp³-hybridized carbons (Fsp3) is 0.348. The summed E-state index contributed by atoms with van der Waals surface area (Å²) >= 11 is 11.9. The van der Waals surface area contributed by atoms with Gasteiger partial charge in [0.1, 0.15) is 21.1 Å². The van der Waals surface area contributed by atoms with E-state index in [0.717, 1.165) is 24.3 Å². The lowest BCUT2D eigenvalue weighted by molar-refractivity contribution is -0.0806. The van der Waals surface area contributed by atoms with Crippen LogP contribution in [0, 0.1) is 35.1 Å². The summed E-state index contributed by atoms with van der Waals surface area (Å²) in [5.74, 6) is -5.60. The van der Waals surface area contributed by atoms with Crippen molar-refractivity contribution in [2.45, 2.75) is 63.7 Å². The van der Waals surface area contributed by atoms with Crippen LogP contribution in [0.2, 0.25) is 10.0 Å². The summed E-state index contributed by atoms with van der Waals surface area (Å²) in [6, 6.07) is 15.0. The Kier molecular flexibility index (Phi) is 14.4. The number of rotatable bonds is 9. The van der Waals surface area contributed by atoms with E-state index in [1.54, 1.807) is 37.4 Å². The number of aliphatic hydroxyl groups excluding tert-OH is 1. The summed E-state index contributed by atoms with van der Waals surface area (Å²) in [6.45, 7) is 0.0871. The molecule has 0 saturated carbocycles. The number of fused-ring (bicyclic) bond motifs is 6. The van der Waals surface area contributed by atoms with Crippen LogP contribution >= 0.6 is 23.2 Å². The summed E-state index contributed by atoms with van der Waals surface area (Å²) in [5, 5.41) is 10.1. The number of hydrogen-bond donors (Lipinski definition) is 2. The first-order chi connectivity index (χ1) is 32.2. The van der Waals surface area contributed by atoms with Gasteiger partial charge in [-0.25, -0.2) is 44.4 Å². The lowest BCUT2D eigenvalue weighted by atomic mass is 9.75. The molecule has 6 heterocycles. The molecule has 2 fully saturated rings. The fourth-order valence-corrected chi connectivity index (χ4v) is 14.6. The number of ether oxygens (including phenoxy) is 4. The number of nitrogens with zero attached hydrogens (tertiary/aromatic N) is 3. The highest BCUT2D eigenvalue weighted by atomic mass is 35.5. The molecule has 10 rings (SSSR count). The summed E-state index contributed by atoms with van der Waals surface area (Å²) in [7, 11) is -8.41. The van der Waals surface area contributed by atoms with E-state index < -0.39 is 76.5 Å². The van der Waals surface area contributed by atoms with Crippen LogP contribution in [0.3, 0.4) is 0 Å². The van der Waals surface area contributed by atoms with Gasteiger partial charge in [-0.1, -0.05) is 23.2 Å². The minimum Gasteiger partial charge on any atom is -0.490 e. The van der Waals surface area contributed by atoms with Gasteiger partial charge in [0.25, 0.3) is 0 Å². The third kappa shape index (κ3) is 8.83. The zero-order chi connectivity index (χ0) is 47.6. The molecule has 6 atom stereocenters. The van der Waals surface area contributed by atoms with Crippen LogP contribution in [0.5, 0.6) is 11.5 Å². The van der Waals surface area contributed by atoms with Crippen LogP contribution in [0.15, 0.2) is 120 Å².